The van der Waals surface area contributed by atoms with E-state index in [1.165, 1.54) is 12.6 Å². The summed E-state index contributed by atoms with van der Waals surface area (Å²) in [6, 6.07) is 0. The van der Waals surface area contributed by atoms with E-state index in [-0.39, 0.29) is 22.9 Å². The molecule has 10 heteroatoms. The van der Waals surface area contributed by atoms with Crippen molar-refractivity contribution in [3.63, 3.8) is 0 Å². The summed E-state index contributed by atoms with van der Waals surface area (Å²) in [5.74, 6) is -1.38. The highest BCUT2D eigenvalue weighted by Gasteiger charge is 2.26. The molecule has 0 unspecified atom stereocenters. The Bertz CT molecular complexity index is 565. The lowest BCUT2D eigenvalue weighted by Gasteiger charge is -2.05. The number of ether oxygens (including phenoxy) is 2. The van der Waals surface area contributed by atoms with Crippen molar-refractivity contribution < 1.29 is 27.5 Å². The number of hydrogen-bond donors (Lipinski definition) is 1. The first-order valence-corrected chi connectivity index (χ1v) is 7.37. The highest BCUT2D eigenvalue weighted by molar-refractivity contribution is 7.91. The first-order chi connectivity index (χ1) is 8.92. The molecule has 0 atom stereocenters. The molecule has 0 saturated carbocycles. The van der Waals surface area contributed by atoms with Gasteiger partial charge in [0.15, 0.2) is 9.90 Å². The average Bonchev–Trinajstić information content (AvgIpc) is 2.87. The van der Waals surface area contributed by atoms with Gasteiger partial charge in [0.2, 0.25) is 0 Å². The topological polar surface area (TPSA) is 112 Å². The summed E-state index contributed by atoms with van der Waals surface area (Å²) in [6.07, 6.45) is -0.109. The molecule has 0 amide bonds. The molecule has 0 fully saturated rings. The Hall–Kier alpha value is -1.52. The van der Waals surface area contributed by atoms with E-state index in [1.807, 2.05) is 0 Å². The van der Waals surface area contributed by atoms with Gasteiger partial charge in [-0.15, -0.1) is 11.3 Å². The van der Waals surface area contributed by atoms with Crippen LogP contribution in [0.15, 0.2) is 9.72 Å². The van der Waals surface area contributed by atoms with Gasteiger partial charge < -0.3 is 9.47 Å². The highest BCUT2D eigenvalue weighted by atomic mass is 32.2. The maximum Gasteiger partial charge on any atom is 0.358 e. The van der Waals surface area contributed by atoms with Crippen molar-refractivity contribution in [2.45, 2.75) is 10.6 Å². The number of carbonyl (C=O) groups is 2. The zero-order chi connectivity index (χ0) is 14.5. The molecule has 1 aromatic heterocycles. The molecule has 106 valence electrons. The first-order valence-electron chi connectivity index (χ1n) is 5.00. The van der Waals surface area contributed by atoms with Gasteiger partial charge in [0.05, 0.1) is 26.2 Å². The van der Waals surface area contributed by atoms with Gasteiger partial charge in [0.1, 0.15) is 0 Å². The van der Waals surface area contributed by atoms with E-state index >= 15 is 0 Å². The molecule has 0 radical (unpaired) electrons. The number of nitrogens with one attached hydrogen (secondary N) is 1. The van der Waals surface area contributed by atoms with E-state index in [9.17, 15) is 18.0 Å². The average molecular weight is 308 g/mol. The van der Waals surface area contributed by atoms with Gasteiger partial charge in [-0.05, 0) is 0 Å². The Morgan fingerprint density at radius 1 is 1.37 bits per heavy atom. The van der Waals surface area contributed by atoms with Crippen LogP contribution in [0.4, 0.5) is 0 Å². The minimum Gasteiger partial charge on any atom is -0.469 e. The van der Waals surface area contributed by atoms with Gasteiger partial charge in [0, 0.05) is 6.54 Å². The molecule has 0 saturated heterocycles. The normalized spacial score (nSPS) is 11.1. The number of aromatic nitrogens is 1. The largest absolute Gasteiger partial charge is 0.469 e. The highest BCUT2D eigenvalue weighted by Crippen LogP contribution is 2.20. The number of esters is 2. The second-order valence-electron chi connectivity index (χ2n) is 3.20. The van der Waals surface area contributed by atoms with Crippen LogP contribution in [0.2, 0.25) is 0 Å². The third-order valence-electron chi connectivity index (χ3n) is 2.01. The van der Waals surface area contributed by atoms with Crippen LogP contribution in [0.1, 0.15) is 16.9 Å². The summed E-state index contributed by atoms with van der Waals surface area (Å²) in [5, 5.41) is 0. The number of nitrogens with zero attached hydrogens (tertiary/aromatic N) is 1. The molecule has 0 aliphatic heterocycles. The van der Waals surface area contributed by atoms with Crippen LogP contribution in [-0.4, -0.2) is 46.1 Å². The summed E-state index contributed by atoms with van der Waals surface area (Å²) < 4.78 is 34.5. The van der Waals surface area contributed by atoms with Crippen molar-refractivity contribution in [1.82, 2.24) is 9.71 Å². The zero-order valence-electron chi connectivity index (χ0n) is 10.2. The fraction of sp³-hybridized carbons (Fsp3) is 0.444. The Kier molecular flexibility index (Phi) is 5.39. The van der Waals surface area contributed by atoms with Gasteiger partial charge in [-0.1, -0.05) is 0 Å². The van der Waals surface area contributed by atoms with Crippen LogP contribution in [0.25, 0.3) is 0 Å². The molecule has 1 aromatic rings. The maximum absolute atomic E-state index is 11.9. The first kappa shape index (κ1) is 15.5. The summed E-state index contributed by atoms with van der Waals surface area (Å²) in [6.45, 7) is -0.131. The van der Waals surface area contributed by atoms with Crippen LogP contribution < -0.4 is 4.72 Å². The predicted molar refractivity (Wildman–Crippen MR) is 65.3 cm³/mol. The third kappa shape index (κ3) is 3.98. The number of rotatable bonds is 6. The van der Waals surface area contributed by atoms with Crippen molar-refractivity contribution in [2.75, 3.05) is 20.8 Å². The Labute approximate surface area is 113 Å². The lowest BCUT2D eigenvalue weighted by Crippen LogP contribution is -2.27. The van der Waals surface area contributed by atoms with E-state index in [0.29, 0.717) is 0 Å². The quantitative estimate of drug-likeness (QED) is 0.722. The molecule has 0 aliphatic rings. The van der Waals surface area contributed by atoms with Crippen molar-refractivity contribution in [1.29, 1.82) is 0 Å². The molecule has 8 nitrogen and oxygen atoms in total. The van der Waals surface area contributed by atoms with Crippen LogP contribution in [-0.2, 0) is 24.3 Å². The lowest BCUT2D eigenvalue weighted by molar-refractivity contribution is -0.140. The maximum atomic E-state index is 11.9. The fourth-order valence-corrected chi connectivity index (χ4v) is 3.32. The molecule has 19 heavy (non-hydrogen) atoms. The van der Waals surface area contributed by atoms with Crippen molar-refractivity contribution in [3.8, 4) is 0 Å². The van der Waals surface area contributed by atoms with E-state index in [2.05, 4.69) is 19.2 Å². The predicted octanol–water partition coefficient (Wildman–Crippen LogP) is -0.229. The summed E-state index contributed by atoms with van der Waals surface area (Å²) in [7, 11) is -1.58. The van der Waals surface area contributed by atoms with E-state index < -0.39 is 22.0 Å². The number of methoxy groups -OCH3 is 2. The third-order valence-corrected chi connectivity index (χ3v) is 4.84. The Balaban J connectivity index is 2.81. The van der Waals surface area contributed by atoms with Crippen molar-refractivity contribution in [3.05, 3.63) is 11.2 Å². The summed E-state index contributed by atoms with van der Waals surface area (Å²) in [4.78, 5) is 25.8. The minimum atomic E-state index is -3.91. The fourth-order valence-electron chi connectivity index (χ4n) is 1.11. The van der Waals surface area contributed by atoms with Crippen molar-refractivity contribution in [2.24, 2.45) is 0 Å². The number of thiazole rings is 1. The lowest BCUT2D eigenvalue weighted by atomic mass is 10.4. The second-order valence-corrected chi connectivity index (χ2v) is 6.02. The minimum absolute atomic E-state index is 0.109. The second kappa shape index (κ2) is 6.59. The molecule has 1 heterocycles. The number of sulfonamides is 1. The van der Waals surface area contributed by atoms with E-state index in [0.717, 1.165) is 18.4 Å². The summed E-state index contributed by atoms with van der Waals surface area (Å²) in [5.41, 5.74) is 0.944. The molecule has 1 N–H and O–H groups in total. The summed E-state index contributed by atoms with van der Waals surface area (Å²) >= 11 is 0.786. The zero-order valence-corrected chi connectivity index (χ0v) is 11.8. The molecule has 1 rings (SSSR count). The molecule has 0 bridgehead atoms. The van der Waals surface area contributed by atoms with Crippen LogP contribution in [0, 0.1) is 0 Å². The van der Waals surface area contributed by atoms with Gasteiger partial charge >= 0.3 is 11.9 Å². The van der Waals surface area contributed by atoms with E-state index in [1.54, 1.807) is 0 Å². The smallest absolute Gasteiger partial charge is 0.358 e. The SMILES string of the molecule is COC(=O)CCNS(=O)(=O)c1scnc1C(=O)OC. The molecule has 0 aromatic carbocycles. The number of carbonyl (C=O) groups excluding carboxylic acids is 2. The molecule has 0 spiro atoms. The van der Waals surface area contributed by atoms with Gasteiger partial charge in [-0.25, -0.2) is 22.9 Å². The van der Waals surface area contributed by atoms with Gasteiger partial charge in [0.25, 0.3) is 10.0 Å². The Morgan fingerprint density at radius 3 is 2.63 bits per heavy atom. The molecular weight excluding hydrogens is 296 g/mol. The van der Waals surface area contributed by atoms with Crippen LogP contribution in [0.5, 0.6) is 0 Å². The van der Waals surface area contributed by atoms with E-state index in [4.69, 9.17) is 0 Å². The monoisotopic (exact) mass is 308 g/mol. The van der Waals surface area contributed by atoms with Gasteiger partial charge in [-0.3, -0.25) is 4.79 Å². The molecular formula is C9H12N2O6S2. The standard InChI is InChI=1S/C9H12N2O6S2/c1-16-6(12)3-4-11-19(14,15)9-7(8(13)17-2)10-5-18-9/h5,11H,3-4H2,1-2H3. The van der Waals surface area contributed by atoms with Crippen molar-refractivity contribution >= 4 is 33.3 Å². The Morgan fingerprint density at radius 2 is 2.05 bits per heavy atom. The van der Waals surface area contributed by atoms with Crippen LogP contribution >= 0.6 is 11.3 Å². The van der Waals surface area contributed by atoms with Gasteiger partial charge in [-0.2, -0.15) is 0 Å². The number of hydrogen-bond acceptors (Lipinski definition) is 8. The van der Waals surface area contributed by atoms with Crippen LogP contribution in [0.3, 0.4) is 0 Å². The molecule has 0 aliphatic carbocycles.